The van der Waals surface area contributed by atoms with Gasteiger partial charge in [-0.2, -0.15) is 0 Å². The summed E-state index contributed by atoms with van der Waals surface area (Å²) in [5.41, 5.74) is 1.70. The molecule has 2 aromatic rings. The second-order valence-electron chi connectivity index (χ2n) is 11.0. The van der Waals surface area contributed by atoms with Gasteiger partial charge in [0.25, 0.3) is 0 Å². The highest BCUT2D eigenvalue weighted by atomic mass is 16.6. The molecule has 0 unspecified atom stereocenters. The number of hydrogen-bond acceptors (Lipinski definition) is 6. The fourth-order valence-corrected chi connectivity index (χ4v) is 5.29. The molecule has 37 heavy (non-hydrogen) atoms. The highest BCUT2D eigenvalue weighted by Gasteiger charge is 2.46. The third kappa shape index (κ3) is 7.22. The molecule has 200 valence electrons. The SMILES string of the molecule is CC(C)(C)OC(=O)N1CC[C@H]([N+](=O)[O-])[C@H]1COC1CCC(c2ccccc2OCc2ccccc2)CC1. The molecular formula is C29H38N2O6. The van der Waals surface area contributed by atoms with Crippen LogP contribution in [-0.4, -0.2) is 52.9 Å². The van der Waals surface area contributed by atoms with Crippen molar-refractivity contribution in [3.05, 3.63) is 75.8 Å². The normalized spacial score (nSPS) is 24.0. The lowest BCUT2D eigenvalue weighted by Gasteiger charge is -2.32. The van der Waals surface area contributed by atoms with Crippen molar-refractivity contribution in [1.29, 1.82) is 0 Å². The molecule has 1 amide bonds. The van der Waals surface area contributed by atoms with Gasteiger partial charge in [-0.05, 0) is 69.6 Å². The van der Waals surface area contributed by atoms with E-state index in [1.54, 1.807) is 20.8 Å². The van der Waals surface area contributed by atoms with Crippen molar-refractivity contribution in [2.75, 3.05) is 13.2 Å². The molecule has 0 bridgehead atoms. The van der Waals surface area contributed by atoms with Crippen LogP contribution in [0.1, 0.15) is 69.9 Å². The summed E-state index contributed by atoms with van der Waals surface area (Å²) in [6, 6.07) is 16.9. The third-order valence-electron chi connectivity index (χ3n) is 7.18. The second-order valence-corrected chi connectivity index (χ2v) is 11.0. The van der Waals surface area contributed by atoms with E-state index in [9.17, 15) is 14.9 Å². The first-order chi connectivity index (χ1) is 17.7. The largest absolute Gasteiger partial charge is 0.489 e. The van der Waals surface area contributed by atoms with Gasteiger partial charge in [0.15, 0.2) is 0 Å². The Balaban J connectivity index is 1.32. The molecular weight excluding hydrogens is 472 g/mol. The second kappa shape index (κ2) is 11.9. The zero-order valence-corrected chi connectivity index (χ0v) is 22.0. The van der Waals surface area contributed by atoms with E-state index in [2.05, 4.69) is 24.3 Å². The Hall–Kier alpha value is -3.13. The van der Waals surface area contributed by atoms with Crippen molar-refractivity contribution in [3.63, 3.8) is 0 Å². The molecule has 2 fully saturated rings. The van der Waals surface area contributed by atoms with E-state index in [0.29, 0.717) is 25.5 Å². The van der Waals surface area contributed by atoms with Crippen molar-refractivity contribution in [1.82, 2.24) is 4.90 Å². The molecule has 1 saturated carbocycles. The number of nitro groups is 1. The van der Waals surface area contributed by atoms with Gasteiger partial charge in [0, 0.05) is 17.9 Å². The Morgan fingerprint density at radius 2 is 1.68 bits per heavy atom. The van der Waals surface area contributed by atoms with Crippen molar-refractivity contribution in [2.24, 2.45) is 0 Å². The fraction of sp³-hybridized carbons (Fsp3) is 0.552. The van der Waals surface area contributed by atoms with Crippen LogP contribution in [0, 0.1) is 10.1 Å². The minimum Gasteiger partial charge on any atom is -0.489 e. The average molecular weight is 511 g/mol. The molecule has 1 heterocycles. The van der Waals surface area contributed by atoms with Crippen LogP contribution in [0.25, 0.3) is 0 Å². The summed E-state index contributed by atoms with van der Waals surface area (Å²) in [4.78, 5) is 25.5. The number of nitrogens with zero attached hydrogens (tertiary/aromatic N) is 2. The number of ether oxygens (including phenoxy) is 3. The molecule has 2 aromatic carbocycles. The molecule has 4 rings (SSSR count). The lowest BCUT2D eigenvalue weighted by Crippen LogP contribution is -2.47. The molecule has 1 saturated heterocycles. The Bertz CT molecular complexity index is 1050. The summed E-state index contributed by atoms with van der Waals surface area (Å²) in [7, 11) is 0. The minimum absolute atomic E-state index is 0.0159. The first kappa shape index (κ1) is 26.9. The van der Waals surface area contributed by atoms with E-state index in [1.807, 2.05) is 30.3 Å². The van der Waals surface area contributed by atoms with E-state index < -0.39 is 23.8 Å². The van der Waals surface area contributed by atoms with Gasteiger partial charge in [-0.1, -0.05) is 48.5 Å². The number of amides is 1. The maximum atomic E-state index is 12.7. The zero-order valence-electron chi connectivity index (χ0n) is 22.0. The van der Waals surface area contributed by atoms with E-state index in [-0.39, 0.29) is 17.6 Å². The van der Waals surface area contributed by atoms with Gasteiger partial charge in [-0.15, -0.1) is 0 Å². The Labute approximate surface area is 219 Å². The lowest BCUT2D eigenvalue weighted by molar-refractivity contribution is -0.525. The van der Waals surface area contributed by atoms with Gasteiger partial charge in [0.2, 0.25) is 6.04 Å². The highest BCUT2D eigenvalue weighted by Crippen LogP contribution is 2.39. The maximum Gasteiger partial charge on any atom is 0.410 e. The van der Waals surface area contributed by atoms with E-state index in [0.717, 1.165) is 37.0 Å². The van der Waals surface area contributed by atoms with Gasteiger partial charge >= 0.3 is 6.09 Å². The monoisotopic (exact) mass is 510 g/mol. The first-order valence-electron chi connectivity index (χ1n) is 13.2. The van der Waals surface area contributed by atoms with Crippen LogP contribution in [0.15, 0.2) is 54.6 Å². The van der Waals surface area contributed by atoms with Crippen molar-refractivity contribution < 1.29 is 23.9 Å². The number of carbonyl (C=O) groups is 1. The Kier molecular flexibility index (Phi) is 8.69. The standard InChI is InChI=1S/C29H38N2O6/c1-29(2,3)37-28(32)30-18-17-25(31(33)34)26(30)20-35-23-15-13-22(14-16-23)24-11-7-8-12-27(24)36-19-21-9-5-4-6-10-21/h4-12,22-23,25-26H,13-20H2,1-3H3/t22?,23?,25-,26+/m0/s1. The summed E-state index contributed by atoms with van der Waals surface area (Å²) in [6.07, 6.45) is 3.45. The summed E-state index contributed by atoms with van der Waals surface area (Å²) in [6.45, 7) is 6.36. The third-order valence-corrected chi connectivity index (χ3v) is 7.18. The first-order valence-corrected chi connectivity index (χ1v) is 13.2. The topological polar surface area (TPSA) is 91.1 Å². The predicted molar refractivity (Wildman–Crippen MR) is 140 cm³/mol. The van der Waals surface area contributed by atoms with Crippen LogP contribution in [0.4, 0.5) is 4.79 Å². The number of rotatable bonds is 8. The molecule has 1 aliphatic carbocycles. The molecule has 0 radical (unpaired) electrons. The van der Waals surface area contributed by atoms with Crippen molar-refractivity contribution >= 4 is 6.09 Å². The van der Waals surface area contributed by atoms with Gasteiger partial charge in [-0.25, -0.2) is 4.79 Å². The molecule has 0 spiro atoms. The van der Waals surface area contributed by atoms with Gasteiger partial charge in [-0.3, -0.25) is 15.0 Å². The van der Waals surface area contributed by atoms with Gasteiger partial charge < -0.3 is 14.2 Å². The van der Waals surface area contributed by atoms with Gasteiger partial charge in [0.1, 0.15) is 24.0 Å². The summed E-state index contributed by atoms with van der Waals surface area (Å²) >= 11 is 0. The van der Waals surface area contributed by atoms with Crippen LogP contribution < -0.4 is 4.74 Å². The van der Waals surface area contributed by atoms with E-state index in [4.69, 9.17) is 14.2 Å². The average Bonchev–Trinajstić information content (AvgIpc) is 3.31. The molecule has 2 atom stereocenters. The smallest absolute Gasteiger partial charge is 0.410 e. The van der Waals surface area contributed by atoms with Crippen LogP contribution in [0.3, 0.4) is 0 Å². The number of hydrogen-bond donors (Lipinski definition) is 0. The van der Waals surface area contributed by atoms with Crippen LogP contribution in [0.5, 0.6) is 5.75 Å². The van der Waals surface area contributed by atoms with Crippen molar-refractivity contribution in [3.8, 4) is 5.75 Å². The number of carbonyl (C=O) groups excluding carboxylic acids is 1. The minimum atomic E-state index is -0.836. The Morgan fingerprint density at radius 3 is 2.35 bits per heavy atom. The van der Waals surface area contributed by atoms with Crippen LogP contribution in [0.2, 0.25) is 0 Å². The highest BCUT2D eigenvalue weighted by molar-refractivity contribution is 5.69. The number of para-hydroxylation sites is 1. The number of benzene rings is 2. The zero-order chi connectivity index (χ0) is 26.4. The summed E-state index contributed by atoms with van der Waals surface area (Å²) in [5, 5.41) is 11.7. The van der Waals surface area contributed by atoms with Crippen molar-refractivity contribution in [2.45, 2.75) is 89.2 Å². The molecule has 0 N–H and O–H groups in total. The molecule has 8 nitrogen and oxygen atoms in total. The summed E-state index contributed by atoms with van der Waals surface area (Å²) < 4.78 is 17.9. The maximum absolute atomic E-state index is 12.7. The van der Waals surface area contributed by atoms with Gasteiger partial charge in [0.05, 0.1) is 12.7 Å². The lowest BCUT2D eigenvalue weighted by atomic mass is 9.82. The van der Waals surface area contributed by atoms with E-state index >= 15 is 0 Å². The summed E-state index contributed by atoms with van der Waals surface area (Å²) in [5.74, 6) is 1.30. The quantitative estimate of drug-likeness (QED) is 0.321. The molecule has 0 aromatic heterocycles. The molecule has 1 aliphatic heterocycles. The fourth-order valence-electron chi connectivity index (χ4n) is 5.29. The number of likely N-dealkylation sites (tertiary alicyclic amines) is 1. The van der Waals surface area contributed by atoms with Crippen LogP contribution >= 0.6 is 0 Å². The van der Waals surface area contributed by atoms with E-state index in [1.165, 1.54) is 10.5 Å². The molecule has 8 heteroatoms. The predicted octanol–water partition coefficient (Wildman–Crippen LogP) is 5.96. The van der Waals surface area contributed by atoms with Crippen LogP contribution in [-0.2, 0) is 16.1 Å². The Morgan fingerprint density at radius 1 is 1.00 bits per heavy atom. The molecule has 2 aliphatic rings.